The first-order chi connectivity index (χ1) is 10.4. The molecule has 0 heterocycles. The molecule has 21 heavy (non-hydrogen) atoms. The Bertz CT molecular complexity index is 313. The van der Waals surface area contributed by atoms with E-state index < -0.39 is 0 Å². The summed E-state index contributed by atoms with van der Waals surface area (Å²) >= 11 is 0. The Labute approximate surface area is 129 Å². The SMILES string of the molecule is CCOCCOCCCCCCCCOc1ccccc1. The van der Waals surface area contributed by atoms with E-state index in [1.54, 1.807) is 0 Å². The molecule has 0 amide bonds. The van der Waals surface area contributed by atoms with Gasteiger partial charge >= 0.3 is 0 Å². The molecule has 0 fully saturated rings. The van der Waals surface area contributed by atoms with Crippen LogP contribution in [-0.4, -0.2) is 33.0 Å². The molecule has 0 spiro atoms. The Kier molecular flexibility index (Phi) is 11.9. The fourth-order valence-corrected chi connectivity index (χ4v) is 2.08. The fourth-order valence-electron chi connectivity index (χ4n) is 2.08. The minimum absolute atomic E-state index is 0.720. The van der Waals surface area contributed by atoms with Gasteiger partial charge in [-0.05, 0) is 31.9 Å². The van der Waals surface area contributed by atoms with Gasteiger partial charge in [-0.1, -0.05) is 43.9 Å². The number of para-hydroxylation sites is 1. The molecular formula is C18H30O3. The summed E-state index contributed by atoms with van der Waals surface area (Å²) in [5.41, 5.74) is 0. The molecule has 0 atom stereocenters. The maximum Gasteiger partial charge on any atom is 0.119 e. The molecule has 1 aromatic rings. The second kappa shape index (κ2) is 13.9. The van der Waals surface area contributed by atoms with Gasteiger partial charge in [-0.3, -0.25) is 0 Å². The zero-order valence-corrected chi connectivity index (χ0v) is 13.4. The summed E-state index contributed by atoms with van der Waals surface area (Å²) in [5.74, 6) is 0.974. The fraction of sp³-hybridized carbons (Fsp3) is 0.667. The molecular weight excluding hydrogens is 264 g/mol. The highest BCUT2D eigenvalue weighted by Crippen LogP contribution is 2.10. The van der Waals surface area contributed by atoms with Gasteiger partial charge in [-0.25, -0.2) is 0 Å². The number of benzene rings is 1. The third kappa shape index (κ3) is 11.3. The Balaban J connectivity index is 1.75. The molecule has 0 N–H and O–H groups in total. The number of hydrogen-bond donors (Lipinski definition) is 0. The van der Waals surface area contributed by atoms with Gasteiger partial charge in [0.15, 0.2) is 0 Å². The first-order valence-corrected chi connectivity index (χ1v) is 8.27. The second-order valence-corrected chi connectivity index (χ2v) is 5.09. The molecule has 0 saturated carbocycles. The van der Waals surface area contributed by atoms with E-state index in [1.165, 1.54) is 25.7 Å². The monoisotopic (exact) mass is 294 g/mol. The molecule has 0 aliphatic carbocycles. The van der Waals surface area contributed by atoms with Crippen LogP contribution in [0.5, 0.6) is 5.75 Å². The smallest absolute Gasteiger partial charge is 0.119 e. The van der Waals surface area contributed by atoms with Crippen molar-refractivity contribution in [1.29, 1.82) is 0 Å². The normalized spacial score (nSPS) is 10.7. The molecule has 120 valence electrons. The largest absolute Gasteiger partial charge is 0.494 e. The number of hydrogen-bond acceptors (Lipinski definition) is 3. The van der Waals surface area contributed by atoms with E-state index in [1.807, 2.05) is 37.3 Å². The summed E-state index contributed by atoms with van der Waals surface area (Å²) < 4.78 is 16.4. The van der Waals surface area contributed by atoms with Gasteiger partial charge in [0.25, 0.3) is 0 Å². The second-order valence-electron chi connectivity index (χ2n) is 5.09. The standard InChI is InChI=1S/C18H30O3/c1-2-19-16-17-20-14-10-5-3-4-6-11-15-21-18-12-8-7-9-13-18/h7-9,12-13H,2-6,10-11,14-17H2,1H3. The lowest BCUT2D eigenvalue weighted by molar-refractivity contribution is 0.0512. The molecule has 0 aromatic heterocycles. The quantitative estimate of drug-likeness (QED) is 0.474. The first kappa shape index (κ1) is 18.0. The van der Waals surface area contributed by atoms with Gasteiger partial charge in [0.1, 0.15) is 5.75 Å². The topological polar surface area (TPSA) is 27.7 Å². The van der Waals surface area contributed by atoms with Gasteiger partial charge in [-0.2, -0.15) is 0 Å². The lowest BCUT2D eigenvalue weighted by Gasteiger charge is -2.06. The van der Waals surface area contributed by atoms with Crippen LogP contribution in [0.4, 0.5) is 0 Å². The minimum Gasteiger partial charge on any atom is -0.494 e. The first-order valence-electron chi connectivity index (χ1n) is 8.27. The minimum atomic E-state index is 0.720. The van der Waals surface area contributed by atoms with Crippen molar-refractivity contribution in [2.24, 2.45) is 0 Å². The van der Waals surface area contributed by atoms with Gasteiger partial charge in [0.2, 0.25) is 0 Å². The van der Waals surface area contributed by atoms with Crippen molar-refractivity contribution in [3.8, 4) is 5.75 Å². The molecule has 3 heteroatoms. The molecule has 0 unspecified atom stereocenters. The van der Waals surface area contributed by atoms with E-state index in [2.05, 4.69) is 0 Å². The number of ether oxygens (including phenoxy) is 3. The number of unbranched alkanes of at least 4 members (excludes halogenated alkanes) is 5. The number of rotatable bonds is 14. The summed E-state index contributed by atoms with van der Waals surface area (Å²) in [6.07, 6.45) is 7.38. The van der Waals surface area contributed by atoms with Crippen molar-refractivity contribution in [2.45, 2.75) is 45.4 Å². The third-order valence-corrected chi connectivity index (χ3v) is 3.27. The predicted molar refractivity (Wildman–Crippen MR) is 87.0 cm³/mol. The summed E-state index contributed by atoms with van der Waals surface area (Å²) in [6.45, 7) is 5.92. The molecule has 0 radical (unpaired) electrons. The summed E-state index contributed by atoms with van der Waals surface area (Å²) in [6, 6.07) is 10.0. The van der Waals surface area contributed by atoms with Crippen molar-refractivity contribution < 1.29 is 14.2 Å². The van der Waals surface area contributed by atoms with E-state index in [4.69, 9.17) is 14.2 Å². The van der Waals surface area contributed by atoms with Crippen molar-refractivity contribution in [3.63, 3.8) is 0 Å². The van der Waals surface area contributed by atoms with Gasteiger partial charge in [-0.15, -0.1) is 0 Å². The van der Waals surface area contributed by atoms with Crippen LogP contribution in [0.1, 0.15) is 45.4 Å². The van der Waals surface area contributed by atoms with E-state index in [0.29, 0.717) is 0 Å². The molecule has 1 rings (SSSR count). The molecule has 1 aromatic carbocycles. The molecule has 0 aliphatic heterocycles. The highest BCUT2D eigenvalue weighted by Gasteiger charge is 1.94. The predicted octanol–water partition coefficient (Wildman–Crippen LogP) is 4.46. The Morgan fingerprint density at radius 2 is 1.29 bits per heavy atom. The molecule has 0 saturated heterocycles. The van der Waals surface area contributed by atoms with E-state index >= 15 is 0 Å². The van der Waals surface area contributed by atoms with Gasteiger partial charge in [0, 0.05) is 13.2 Å². The van der Waals surface area contributed by atoms with E-state index in [9.17, 15) is 0 Å². The maximum absolute atomic E-state index is 5.67. The Morgan fingerprint density at radius 3 is 2.00 bits per heavy atom. The summed E-state index contributed by atoms with van der Waals surface area (Å²) in [4.78, 5) is 0. The lowest BCUT2D eigenvalue weighted by atomic mass is 10.1. The van der Waals surface area contributed by atoms with Crippen LogP contribution < -0.4 is 4.74 Å². The van der Waals surface area contributed by atoms with E-state index in [-0.39, 0.29) is 0 Å². The average Bonchev–Trinajstić information content (AvgIpc) is 2.53. The average molecular weight is 294 g/mol. The molecule has 0 bridgehead atoms. The summed E-state index contributed by atoms with van der Waals surface area (Å²) in [7, 11) is 0. The Hall–Kier alpha value is -1.06. The van der Waals surface area contributed by atoms with Crippen LogP contribution in [0.15, 0.2) is 30.3 Å². The van der Waals surface area contributed by atoms with Crippen LogP contribution in [0, 0.1) is 0 Å². The van der Waals surface area contributed by atoms with Crippen molar-refractivity contribution in [3.05, 3.63) is 30.3 Å². The zero-order valence-electron chi connectivity index (χ0n) is 13.4. The maximum atomic E-state index is 5.67. The third-order valence-electron chi connectivity index (χ3n) is 3.27. The lowest BCUT2D eigenvalue weighted by Crippen LogP contribution is -2.04. The van der Waals surface area contributed by atoms with Crippen LogP contribution in [0.25, 0.3) is 0 Å². The van der Waals surface area contributed by atoms with Gasteiger partial charge < -0.3 is 14.2 Å². The van der Waals surface area contributed by atoms with Crippen LogP contribution >= 0.6 is 0 Å². The van der Waals surface area contributed by atoms with Crippen LogP contribution in [0.2, 0.25) is 0 Å². The highest BCUT2D eigenvalue weighted by atomic mass is 16.5. The van der Waals surface area contributed by atoms with Crippen LogP contribution in [-0.2, 0) is 9.47 Å². The van der Waals surface area contributed by atoms with Crippen LogP contribution in [0.3, 0.4) is 0 Å². The highest BCUT2D eigenvalue weighted by molar-refractivity contribution is 5.20. The van der Waals surface area contributed by atoms with Crippen molar-refractivity contribution in [1.82, 2.24) is 0 Å². The summed E-state index contributed by atoms with van der Waals surface area (Å²) in [5, 5.41) is 0. The van der Waals surface area contributed by atoms with Crippen molar-refractivity contribution in [2.75, 3.05) is 33.0 Å². The van der Waals surface area contributed by atoms with E-state index in [0.717, 1.165) is 51.6 Å². The van der Waals surface area contributed by atoms with Crippen molar-refractivity contribution >= 4 is 0 Å². The van der Waals surface area contributed by atoms with Gasteiger partial charge in [0.05, 0.1) is 19.8 Å². The zero-order chi connectivity index (χ0) is 15.0. The molecule has 0 aliphatic rings. The molecule has 3 nitrogen and oxygen atoms in total. The Morgan fingerprint density at radius 1 is 0.667 bits per heavy atom.